The maximum absolute atomic E-state index is 13.5. The van der Waals surface area contributed by atoms with Crippen LogP contribution in [0.25, 0.3) is 6.08 Å². The summed E-state index contributed by atoms with van der Waals surface area (Å²) in [5.74, 6) is 3.15. The minimum atomic E-state index is -0.379. The molecule has 0 radical (unpaired) electrons. The van der Waals surface area contributed by atoms with E-state index < -0.39 is 0 Å². The first kappa shape index (κ1) is 20.0. The van der Waals surface area contributed by atoms with Gasteiger partial charge in [0.2, 0.25) is 0 Å². The number of benzene rings is 1. The van der Waals surface area contributed by atoms with Crippen molar-refractivity contribution in [2.24, 2.45) is 34.5 Å². The monoisotopic (exact) mass is 407 g/mol. The first-order valence-corrected chi connectivity index (χ1v) is 11.8. The van der Waals surface area contributed by atoms with Gasteiger partial charge in [0.1, 0.15) is 0 Å². The van der Waals surface area contributed by atoms with E-state index in [-0.39, 0.29) is 16.0 Å². The summed E-state index contributed by atoms with van der Waals surface area (Å²) in [5.41, 5.74) is 2.19. The van der Waals surface area contributed by atoms with E-state index in [4.69, 9.17) is 0 Å². The van der Waals surface area contributed by atoms with Gasteiger partial charge in [-0.15, -0.1) is 0 Å². The van der Waals surface area contributed by atoms with E-state index in [9.17, 15) is 14.9 Å². The highest BCUT2D eigenvalue weighted by molar-refractivity contribution is 6.05. The first-order chi connectivity index (χ1) is 14.3. The van der Waals surface area contributed by atoms with Crippen LogP contribution in [0.3, 0.4) is 0 Å². The molecule has 4 nitrogen and oxygen atoms in total. The fraction of sp³-hybridized carbons (Fsp3) is 0.654. The van der Waals surface area contributed by atoms with Gasteiger partial charge in [-0.25, -0.2) is 0 Å². The Bertz CT molecular complexity index is 903. The fourth-order valence-electron chi connectivity index (χ4n) is 7.99. The van der Waals surface area contributed by atoms with Gasteiger partial charge in [0, 0.05) is 17.5 Å². The Labute approximate surface area is 179 Å². The third-order valence-electron chi connectivity index (χ3n) is 9.67. The van der Waals surface area contributed by atoms with Crippen molar-refractivity contribution in [3.05, 3.63) is 45.5 Å². The molecule has 0 N–H and O–H groups in total. The number of fused-ring (bicyclic) bond motifs is 5. The molecule has 0 amide bonds. The molecule has 0 bridgehead atoms. The largest absolute Gasteiger partial charge is 0.294 e. The van der Waals surface area contributed by atoms with E-state index in [0.29, 0.717) is 23.0 Å². The average molecular weight is 408 g/mol. The highest BCUT2D eigenvalue weighted by Crippen LogP contribution is 2.66. The van der Waals surface area contributed by atoms with Gasteiger partial charge in [-0.1, -0.05) is 26.7 Å². The molecular weight excluding hydrogens is 374 g/mol. The summed E-state index contributed by atoms with van der Waals surface area (Å²) in [4.78, 5) is 24.0. The molecule has 1 aromatic carbocycles. The molecule has 0 unspecified atom stereocenters. The molecule has 4 aliphatic carbocycles. The Morgan fingerprint density at radius 2 is 1.77 bits per heavy atom. The molecule has 4 heteroatoms. The van der Waals surface area contributed by atoms with Gasteiger partial charge >= 0.3 is 0 Å². The van der Waals surface area contributed by atoms with Gasteiger partial charge in [-0.2, -0.15) is 0 Å². The van der Waals surface area contributed by atoms with E-state index in [1.165, 1.54) is 57.1 Å². The number of nitrogens with zero attached hydrogens (tertiary/aromatic N) is 1. The Kier molecular flexibility index (Phi) is 4.68. The van der Waals surface area contributed by atoms with E-state index in [1.807, 2.05) is 6.08 Å². The molecule has 30 heavy (non-hydrogen) atoms. The Morgan fingerprint density at radius 3 is 2.50 bits per heavy atom. The van der Waals surface area contributed by atoms with Crippen molar-refractivity contribution in [3.8, 4) is 0 Å². The SMILES string of the molecule is C[C@]12CCCC[C@@H]1CC[C@@H]1[C@H]2CC[C@]2(C)C(=O)/C(=C/c3ccc([N+](=O)[O-])cc3)C[C@H]12. The number of carbonyl (C=O) groups excluding carboxylic acids is 1. The third kappa shape index (κ3) is 2.90. The zero-order valence-electron chi connectivity index (χ0n) is 18.2. The number of nitro benzene ring substituents is 1. The van der Waals surface area contributed by atoms with Crippen LogP contribution in [0, 0.1) is 44.6 Å². The number of carbonyl (C=O) groups is 1. The van der Waals surface area contributed by atoms with Crippen LogP contribution in [0.2, 0.25) is 0 Å². The van der Waals surface area contributed by atoms with Crippen molar-refractivity contribution in [3.63, 3.8) is 0 Å². The van der Waals surface area contributed by atoms with Crippen LogP contribution in [0.1, 0.15) is 77.2 Å². The molecule has 6 atom stereocenters. The maximum Gasteiger partial charge on any atom is 0.269 e. The van der Waals surface area contributed by atoms with Crippen LogP contribution in [-0.2, 0) is 4.79 Å². The molecule has 160 valence electrons. The fourth-order valence-corrected chi connectivity index (χ4v) is 7.99. The number of nitro groups is 1. The summed E-state index contributed by atoms with van der Waals surface area (Å²) >= 11 is 0. The van der Waals surface area contributed by atoms with E-state index in [2.05, 4.69) is 13.8 Å². The van der Waals surface area contributed by atoms with Gasteiger partial charge in [-0.3, -0.25) is 14.9 Å². The van der Waals surface area contributed by atoms with Crippen LogP contribution < -0.4 is 0 Å². The topological polar surface area (TPSA) is 60.2 Å². The summed E-state index contributed by atoms with van der Waals surface area (Å²) in [6, 6.07) is 6.59. The van der Waals surface area contributed by atoms with E-state index in [1.54, 1.807) is 12.1 Å². The van der Waals surface area contributed by atoms with Crippen LogP contribution in [0.15, 0.2) is 29.8 Å². The molecule has 0 heterocycles. The minimum absolute atomic E-state index is 0.0934. The van der Waals surface area contributed by atoms with Gasteiger partial charge in [0.05, 0.1) is 4.92 Å². The second-order valence-electron chi connectivity index (χ2n) is 10.9. The molecule has 0 saturated heterocycles. The van der Waals surface area contributed by atoms with Crippen molar-refractivity contribution in [1.82, 2.24) is 0 Å². The molecule has 4 aliphatic rings. The van der Waals surface area contributed by atoms with E-state index in [0.717, 1.165) is 35.8 Å². The number of Topliss-reactive ketones (excluding diaryl/α,β-unsaturated/α-hetero) is 1. The lowest BCUT2D eigenvalue weighted by Gasteiger charge is -2.59. The van der Waals surface area contributed by atoms with Crippen molar-refractivity contribution < 1.29 is 9.72 Å². The zero-order valence-corrected chi connectivity index (χ0v) is 18.2. The standard InChI is InChI=1S/C26H33NO3/c1-25-13-4-3-5-19(25)8-11-21-22(25)12-14-26(2)23(21)16-18(24(26)28)15-17-6-9-20(10-7-17)27(29)30/h6-7,9-10,15,19,21-23H,3-5,8,11-14,16H2,1-2H3/b18-15+/t19-,21-,22-,23-,25+,26+/m1/s1. The second-order valence-corrected chi connectivity index (χ2v) is 10.9. The molecule has 0 spiro atoms. The van der Waals surface area contributed by atoms with E-state index >= 15 is 0 Å². The molecule has 5 rings (SSSR count). The number of allylic oxidation sites excluding steroid dienone is 1. The number of ketones is 1. The summed E-state index contributed by atoms with van der Waals surface area (Å²) in [5, 5.41) is 10.9. The minimum Gasteiger partial charge on any atom is -0.294 e. The van der Waals surface area contributed by atoms with Gasteiger partial charge in [-0.05, 0) is 103 Å². The van der Waals surface area contributed by atoms with Gasteiger partial charge in [0.15, 0.2) is 5.78 Å². The van der Waals surface area contributed by atoms with Crippen molar-refractivity contribution in [1.29, 1.82) is 0 Å². The molecule has 4 fully saturated rings. The van der Waals surface area contributed by atoms with Crippen LogP contribution in [0.5, 0.6) is 0 Å². The predicted octanol–water partition coefficient (Wildman–Crippen LogP) is 6.59. The average Bonchev–Trinajstić information content (AvgIpc) is 2.98. The Balaban J connectivity index is 1.43. The van der Waals surface area contributed by atoms with Gasteiger partial charge < -0.3 is 0 Å². The molecule has 0 aliphatic heterocycles. The molecule has 4 saturated carbocycles. The highest BCUT2D eigenvalue weighted by Gasteiger charge is 2.60. The summed E-state index contributed by atoms with van der Waals surface area (Å²) in [6.45, 7) is 4.79. The Hall–Kier alpha value is -1.97. The van der Waals surface area contributed by atoms with Crippen molar-refractivity contribution >= 4 is 17.5 Å². The van der Waals surface area contributed by atoms with Crippen LogP contribution in [-0.4, -0.2) is 10.7 Å². The van der Waals surface area contributed by atoms with Crippen molar-refractivity contribution in [2.75, 3.05) is 0 Å². The molecular formula is C26H33NO3. The lowest BCUT2D eigenvalue weighted by Crippen LogP contribution is -2.52. The normalized spacial score (nSPS) is 41.8. The third-order valence-corrected chi connectivity index (χ3v) is 9.67. The zero-order chi connectivity index (χ0) is 21.1. The lowest BCUT2D eigenvalue weighted by molar-refractivity contribution is -0.384. The van der Waals surface area contributed by atoms with Crippen molar-refractivity contribution in [2.45, 2.75) is 71.6 Å². The predicted molar refractivity (Wildman–Crippen MR) is 118 cm³/mol. The summed E-state index contributed by atoms with van der Waals surface area (Å²) in [7, 11) is 0. The second kappa shape index (κ2) is 7.03. The first-order valence-electron chi connectivity index (χ1n) is 11.8. The maximum atomic E-state index is 13.5. The summed E-state index contributed by atoms with van der Waals surface area (Å²) in [6.07, 6.45) is 13.3. The number of non-ortho nitro benzene ring substituents is 1. The smallest absolute Gasteiger partial charge is 0.269 e. The van der Waals surface area contributed by atoms with Crippen LogP contribution >= 0.6 is 0 Å². The number of hydrogen-bond acceptors (Lipinski definition) is 3. The molecule has 0 aromatic heterocycles. The number of hydrogen-bond donors (Lipinski definition) is 0. The quantitative estimate of drug-likeness (QED) is 0.316. The molecule has 1 aromatic rings. The highest BCUT2D eigenvalue weighted by atomic mass is 16.6. The Morgan fingerprint density at radius 1 is 1.00 bits per heavy atom. The lowest BCUT2D eigenvalue weighted by atomic mass is 9.45. The summed E-state index contributed by atoms with van der Waals surface area (Å²) < 4.78 is 0. The van der Waals surface area contributed by atoms with Gasteiger partial charge in [0.25, 0.3) is 5.69 Å². The van der Waals surface area contributed by atoms with Crippen LogP contribution in [0.4, 0.5) is 5.69 Å². The number of rotatable bonds is 2.